The van der Waals surface area contributed by atoms with Gasteiger partial charge < -0.3 is 9.47 Å². The minimum atomic E-state index is -0.529. The molecule has 1 aromatic heterocycles. The quantitative estimate of drug-likeness (QED) is 0.156. The third kappa shape index (κ3) is 5.58. The first-order valence-electron chi connectivity index (χ1n) is 25.4. The van der Waals surface area contributed by atoms with Crippen LogP contribution in [0.4, 0.5) is 17.1 Å². The molecular weight excluding hydrogens is 881 g/mol. The van der Waals surface area contributed by atoms with Crippen LogP contribution in [0.15, 0.2) is 267 Å². The summed E-state index contributed by atoms with van der Waals surface area (Å²) in [7, 11) is 0. The number of anilines is 3. The summed E-state index contributed by atoms with van der Waals surface area (Å²) in [5, 5.41) is 12.4. The molecule has 2 aliphatic rings. The summed E-state index contributed by atoms with van der Waals surface area (Å²) in [4.78, 5) is 2.57. The maximum Gasteiger partial charge on any atom is 0.0726 e. The van der Waals surface area contributed by atoms with E-state index in [0.717, 1.165) is 28.3 Å². The highest BCUT2D eigenvalue weighted by Crippen LogP contribution is 2.64. The lowest BCUT2D eigenvalue weighted by molar-refractivity contribution is 0.794. The number of benzene rings is 13. The summed E-state index contributed by atoms with van der Waals surface area (Å²) in [6.07, 6.45) is 0. The van der Waals surface area contributed by atoms with Crippen molar-refractivity contribution in [1.29, 1.82) is 0 Å². The molecule has 1 spiro atoms. The van der Waals surface area contributed by atoms with Crippen LogP contribution in [0.1, 0.15) is 22.3 Å². The zero-order valence-electron chi connectivity index (χ0n) is 39.8. The van der Waals surface area contributed by atoms with E-state index in [2.05, 4.69) is 276 Å². The van der Waals surface area contributed by atoms with Crippen molar-refractivity contribution in [2.24, 2.45) is 0 Å². The average molecular weight is 925 g/mol. The summed E-state index contributed by atoms with van der Waals surface area (Å²) in [5.74, 6) is 0. The fourth-order valence-electron chi connectivity index (χ4n) is 13.3. The molecule has 0 atom stereocenters. The summed E-state index contributed by atoms with van der Waals surface area (Å²) in [5.41, 5.74) is 19.0. The summed E-state index contributed by atoms with van der Waals surface area (Å²) in [6, 6.07) is 100. The fraction of sp³-hybridized carbons (Fsp3) is 0.0141. The summed E-state index contributed by atoms with van der Waals surface area (Å²) < 4.78 is 2.47. The number of hydrogen-bond donors (Lipinski definition) is 0. The van der Waals surface area contributed by atoms with Crippen LogP contribution in [0.5, 0.6) is 0 Å². The Morgan fingerprint density at radius 1 is 0.274 bits per heavy atom. The van der Waals surface area contributed by atoms with Crippen molar-refractivity contribution in [2.45, 2.75) is 5.41 Å². The normalized spacial score (nSPS) is 13.0. The van der Waals surface area contributed by atoms with Gasteiger partial charge in [0.1, 0.15) is 0 Å². The van der Waals surface area contributed by atoms with E-state index >= 15 is 0 Å². The van der Waals surface area contributed by atoms with Crippen LogP contribution in [0.2, 0.25) is 0 Å². The molecule has 13 aromatic carbocycles. The lowest BCUT2D eigenvalue weighted by Crippen LogP contribution is -2.26. The van der Waals surface area contributed by atoms with E-state index < -0.39 is 5.41 Å². The van der Waals surface area contributed by atoms with E-state index in [9.17, 15) is 0 Å². The molecule has 0 saturated carbocycles. The first-order valence-corrected chi connectivity index (χ1v) is 25.4. The maximum atomic E-state index is 2.57. The topological polar surface area (TPSA) is 8.17 Å². The lowest BCUT2D eigenvalue weighted by Gasteiger charge is -2.33. The third-order valence-corrected chi connectivity index (χ3v) is 16.3. The van der Waals surface area contributed by atoms with Gasteiger partial charge in [0.15, 0.2) is 0 Å². The first-order chi connectivity index (χ1) is 36.2. The van der Waals surface area contributed by atoms with Crippen molar-refractivity contribution >= 4 is 82.0 Å². The Kier molecular flexibility index (Phi) is 8.41. The predicted octanol–water partition coefficient (Wildman–Crippen LogP) is 18.9. The molecule has 2 nitrogen and oxygen atoms in total. The van der Waals surface area contributed by atoms with Crippen LogP contribution >= 0.6 is 0 Å². The number of nitrogens with zero attached hydrogens (tertiary/aromatic N) is 2. The highest BCUT2D eigenvalue weighted by Gasteiger charge is 2.52. The Labute approximate surface area is 422 Å². The van der Waals surface area contributed by atoms with E-state index in [1.807, 2.05) is 0 Å². The molecule has 0 N–H and O–H groups in total. The molecule has 0 fully saturated rings. The third-order valence-electron chi connectivity index (χ3n) is 16.3. The number of para-hydroxylation sites is 1. The van der Waals surface area contributed by atoms with E-state index in [-0.39, 0.29) is 0 Å². The molecule has 0 bridgehead atoms. The second-order valence-electron chi connectivity index (χ2n) is 19.9. The monoisotopic (exact) mass is 924 g/mol. The second-order valence-corrected chi connectivity index (χ2v) is 19.9. The Morgan fingerprint density at radius 2 is 0.740 bits per heavy atom. The molecular formula is C71H44N2. The summed E-state index contributed by atoms with van der Waals surface area (Å²) >= 11 is 0. The highest BCUT2D eigenvalue weighted by molar-refractivity contribution is 6.26. The van der Waals surface area contributed by atoms with Gasteiger partial charge in [0.25, 0.3) is 0 Å². The number of fused-ring (bicyclic) bond motifs is 20. The van der Waals surface area contributed by atoms with Gasteiger partial charge in [0.05, 0.1) is 22.1 Å². The lowest BCUT2D eigenvalue weighted by atomic mass is 9.70. The Bertz CT molecular complexity index is 4540. The van der Waals surface area contributed by atoms with Crippen molar-refractivity contribution in [1.82, 2.24) is 4.57 Å². The zero-order valence-corrected chi connectivity index (χ0v) is 39.8. The molecule has 0 amide bonds. The van der Waals surface area contributed by atoms with Gasteiger partial charge in [0.2, 0.25) is 0 Å². The zero-order chi connectivity index (χ0) is 47.8. The number of hydrogen-bond acceptors (Lipinski definition) is 1. The van der Waals surface area contributed by atoms with Crippen molar-refractivity contribution in [3.05, 3.63) is 289 Å². The van der Waals surface area contributed by atoms with Gasteiger partial charge in [-0.05, 0) is 154 Å². The first kappa shape index (κ1) is 40.3. The van der Waals surface area contributed by atoms with Gasteiger partial charge >= 0.3 is 0 Å². The van der Waals surface area contributed by atoms with Crippen LogP contribution in [0.25, 0.3) is 104 Å². The molecule has 73 heavy (non-hydrogen) atoms. The van der Waals surface area contributed by atoms with Crippen molar-refractivity contribution in [2.75, 3.05) is 4.90 Å². The molecule has 338 valence electrons. The molecule has 14 aromatic rings. The number of aromatic nitrogens is 1. The maximum absolute atomic E-state index is 2.57. The van der Waals surface area contributed by atoms with Gasteiger partial charge in [-0.3, -0.25) is 0 Å². The molecule has 0 saturated heterocycles. The van der Waals surface area contributed by atoms with E-state index in [1.165, 1.54) is 115 Å². The van der Waals surface area contributed by atoms with Crippen molar-refractivity contribution < 1.29 is 0 Å². The van der Waals surface area contributed by atoms with Crippen LogP contribution < -0.4 is 4.90 Å². The Hall–Kier alpha value is -9.50. The summed E-state index contributed by atoms with van der Waals surface area (Å²) in [6.45, 7) is 0. The molecule has 2 aliphatic carbocycles. The minimum Gasteiger partial charge on any atom is -0.310 e. The predicted molar refractivity (Wildman–Crippen MR) is 307 cm³/mol. The van der Waals surface area contributed by atoms with Crippen LogP contribution in [-0.4, -0.2) is 4.57 Å². The van der Waals surface area contributed by atoms with E-state index in [4.69, 9.17) is 0 Å². The molecule has 1 heterocycles. The molecule has 16 rings (SSSR count). The number of rotatable bonds is 5. The molecule has 2 heteroatoms. The molecule has 0 unspecified atom stereocenters. The van der Waals surface area contributed by atoms with Gasteiger partial charge in [0, 0.05) is 33.4 Å². The Balaban J connectivity index is 1.05. The van der Waals surface area contributed by atoms with Crippen molar-refractivity contribution in [3.63, 3.8) is 0 Å². The highest BCUT2D eigenvalue weighted by atomic mass is 15.1. The molecule has 0 radical (unpaired) electrons. The van der Waals surface area contributed by atoms with Gasteiger partial charge in [-0.25, -0.2) is 0 Å². The van der Waals surface area contributed by atoms with Gasteiger partial charge in [-0.1, -0.05) is 206 Å². The second kappa shape index (κ2) is 15.3. The SMILES string of the molecule is c1ccc(-c2cc3c(cc2N(c2ccc4c5ccccc5c5ccccc5c4c2)c2ccc4c5cc6ccccc6cc5n(-c5ccccc5)c4c2)C2(c4ccccc4-c4ccccc42)c2ccccc2-3)cc1. The van der Waals surface area contributed by atoms with Gasteiger partial charge in [-0.15, -0.1) is 0 Å². The standard InChI is InChI=1S/C71H44N2/c1-3-19-45(20-4-1)60-43-62-58-31-15-18-34-66(58)71(64-32-16-13-29-56(64)57-30-14-17-33-65(57)71)67(62)44-70(60)72(49-35-37-55-53-27-10-9-25-51(53)52-26-11-12-28-54(52)61(55)41-49)50-36-38-59-63-39-46-21-7-8-22-47(46)40-68(63)73(69(59)42-50)48-23-5-2-6-24-48/h1-44H. The van der Waals surface area contributed by atoms with E-state index in [1.54, 1.807) is 0 Å². The van der Waals surface area contributed by atoms with Crippen LogP contribution in [0, 0.1) is 0 Å². The largest absolute Gasteiger partial charge is 0.310 e. The van der Waals surface area contributed by atoms with Gasteiger partial charge in [-0.2, -0.15) is 0 Å². The minimum absolute atomic E-state index is 0.529. The van der Waals surface area contributed by atoms with Crippen LogP contribution in [0.3, 0.4) is 0 Å². The fourth-order valence-corrected chi connectivity index (χ4v) is 13.3. The van der Waals surface area contributed by atoms with E-state index in [0.29, 0.717) is 0 Å². The average Bonchev–Trinajstić information content (AvgIpc) is 4.08. The Morgan fingerprint density at radius 3 is 1.37 bits per heavy atom. The smallest absolute Gasteiger partial charge is 0.0726 e. The van der Waals surface area contributed by atoms with Crippen molar-refractivity contribution in [3.8, 4) is 39.1 Å². The molecule has 0 aliphatic heterocycles. The van der Waals surface area contributed by atoms with Crippen LogP contribution in [-0.2, 0) is 5.41 Å².